The highest BCUT2D eigenvalue weighted by Gasteiger charge is 2.14. The van der Waals surface area contributed by atoms with Gasteiger partial charge < -0.3 is 14.4 Å². The van der Waals surface area contributed by atoms with Crippen molar-refractivity contribution in [2.75, 3.05) is 33.3 Å². The SMILES string of the molecule is CCN(CCCO)CC(=O)N(C)Cc1ccc(C)o1. The van der Waals surface area contributed by atoms with Gasteiger partial charge in [0.1, 0.15) is 11.5 Å². The van der Waals surface area contributed by atoms with Crippen molar-refractivity contribution in [2.45, 2.75) is 26.8 Å². The van der Waals surface area contributed by atoms with Crippen molar-refractivity contribution >= 4 is 5.91 Å². The smallest absolute Gasteiger partial charge is 0.236 e. The molecule has 1 heterocycles. The number of rotatable bonds is 8. The fourth-order valence-electron chi connectivity index (χ4n) is 1.85. The zero-order chi connectivity index (χ0) is 14.3. The fourth-order valence-corrected chi connectivity index (χ4v) is 1.85. The van der Waals surface area contributed by atoms with E-state index in [9.17, 15) is 4.79 Å². The van der Waals surface area contributed by atoms with Crippen LogP contribution in [0, 0.1) is 6.92 Å². The topological polar surface area (TPSA) is 56.9 Å². The maximum absolute atomic E-state index is 12.1. The molecule has 0 unspecified atom stereocenters. The molecule has 1 rings (SSSR count). The van der Waals surface area contributed by atoms with E-state index in [0.29, 0.717) is 19.5 Å². The first kappa shape index (κ1) is 15.7. The zero-order valence-corrected chi connectivity index (χ0v) is 12.1. The molecule has 0 spiro atoms. The number of aryl methyl sites for hydroxylation is 1. The van der Waals surface area contributed by atoms with E-state index < -0.39 is 0 Å². The number of hydrogen-bond donors (Lipinski definition) is 1. The predicted molar refractivity (Wildman–Crippen MR) is 73.7 cm³/mol. The van der Waals surface area contributed by atoms with Gasteiger partial charge in [-0.1, -0.05) is 6.92 Å². The lowest BCUT2D eigenvalue weighted by Gasteiger charge is -2.23. The van der Waals surface area contributed by atoms with Crippen LogP contribution in [0.4, 0.5) is 0 Å². The Balaban J connectivity index is 2.42. The Bertz CT molecular complexity index is 390. The summed E-state index contributed by atoms with van der Waals surface area (Å²) in [6, 6.07) is 3.79. The summed E-state index contributed by atoms with van der Waals surface area (Å²) in [5.74, 6) is 1.72. The van der Waals surface area contributed by atoms with Crippen LogP contribution in [0.25, 0.3) is 0 Å². The van der Waals surface area contributed by atoms with E-state index in [-0.39, 0.29) is 12.5 Å². The van der Waals surface area contributed by atoms with E-state index in [0.717, 1.165) is 24.6 Å². The van der Waals surface area contributed by atoms with Crippen molar-refractivity contribution in [1.29, 1.82) is 0 Å². The predicted octanol–water partition coefficient (Wildman–Crippen LogP) is 1.25. The van der Waals surface area contributed by atoms with Gasteiger partial charge in [0.15, 0.2) is 0 Å². The summed E-state index contributed by atoms with van der Waals surface area (Å²) in [4.78, 5) is 15.8. The summed E-state index contributed by atoms with van der Waals surface area (Å²) in [5.41, 5.74) is 0. The highest BCUT2D eigenvalue weighted by Crippen LogP contribution is 2.09. The molecule has 0 aromatic carbocycles. The molecule has 1 aromatic rings. The van der Waals surface area contributed by atoms with Gasteiger partial charge in [-0.15, -0.1) is 0 Å². The number of furan rings is 1. The molecule has 0 radical (unpaired) electrons. The van der Waals surface area contributed by atoms with Gasteiger partial charge >= 0.3 is 0 Å². The summed E-state index contributed by atoms with van der Waals surface area (Å²) in [5, 5.41) is 8.82. The number of nitrogens with zero attached hydrogens (tertiary/aromatic N) is 2. The van der Waals surface area contributed by atoms with E-state index in [4.69, 9.17) is 9.52 Å². The van der Waals surface area contributed by atoms with Crippen molar-refractivity contribution in [3.8, 4) is 0 Å². The monoisotopic (exact) mass is 268 g/mol. The molecule has 0 atom stereocenters. The fraction of sp³-hybridized carbons (Fsp3) is 0.643. The van der Waals surface area contributed by atoms with E-state index in [1.54, 1.807) is 11.9 Å². The minimum atomic E-state index is 0.0637. The molecule has 1 N–H and O–H groups in total. The van der Waals surface area contributed by atoms with Crippen LogP contribution in [0.1, 0.15) is 24.9 Å². The third-order valence-corrected chi connectivity index (χ3v) is 3.05. The molecule has 1 amide bonds. The number of likely N-dealkylation sites (N-methyl/N-ethyl adjacent to an activating group) is 2. The van der Waals surface area contributed by atoms with Crippen molar-refractivity contribution in [3.63, 3.8) is 0 Å². The number of aliphatic hydroxyl groups is 1. The zero-order valence-electron chi connectivity index (χ0n) is 12.1. The third kappa shape index (κ3) is 5.44. The third-order valence-electron chi connectivity index (χ3n) is 3.05. The lowest BCUT2D eigenvalue weighted by molar-refractivity contribution is -0.131. The Labute approximate surface area is 114 Å². The van der Waals surface area contributed by atoms with Crippen LogP contribution in [-0.2, 0) is 11.3 Å². The second kappa shape index (κ2) is 7.96. The average molecular weight is 268 g/mol. The van der Waals surface area contributed by atoms with Crippen LogP contribution in [-0.4, -0.2) is 54.1 Å². The molecular formula is C14H24N2O3. The Kier molecular flexibility index (Phi) is 6.59. The molecule has 0 aliphatic carbocycles. The first-order valence-corrected chi connectivity index (χ1v) is 6.69. The lowest BCUT2D eigenvalue weighted by Crippen LogP contribution is -2.38. The first-order chi connectivity index (χ1) is 9.06. The van der Waals surface area contributed by atoms with Gasteiger partial charge in [-0.05, 0) is 32.0 Å². The minimum absolute atomic E-state index is 0.0637. The Morgan fingerprint density at radius 1 is 1.42 bits per heavy atom. The number of carbonyl (C=O) groups is 1. The second-order valence-corrected chi connectivity index (χ2v) is 4.71. The molecule has 19 heavy (non-hydrogen) atoms. The van der Waals surface area contributed by atoms with Gasteiger partial charge in [0.25, 0.3) is 0 Å². The van der Waals surface area contributed by atoms with Gasteiger partial charge in [-0.2, -0.15) is 0 Å². The summed E-state index contributed by atoms with van der Waals surface area (Å²) < 4.78 is 5.46. The molecule has 108 valence electrons. The van der Waals surface area contributed by atoms with Crippen molar-refractivity contribution in [2.24, 2.45) is 0 Å². The normalized spacial score (nSPS) is 11.0. The quantitative estimate of drug-likeness (QED) is 0.771. The Morgan fingerprint density at radius 3 is 2.68 bits per heavy atom. The molecule has 0 saturated heterocycles. The number of hydrogen-bond acceptors (Lipinski definition) is 4. The van der Waals surface area contributed by atoms with E-state index >= 15 is 0 Å². The second-order valence-electron chi connectivity index (χ2n) is 4.71. The van der Waals surface area contributed by atoms with E-state index in [1.165, 1.54) is 0 Å². The van der Waals surface area contributed by atoms with Gasteiger partial charge in [-0.3, -0.25) is 9.69 Å². The largest absolute Gasteiger partial charge is 0.464 e. The van der Waals surface area contributed by atoms with Crippen LogP contribution < -0.4 is 0 Å². The average Bonchev–Trinajstić information content (AvgIpc) is 2.79. The summed E-state index contributed by atoms with van der Waals surface area (Å²) in [7, 11) is 1.78. The molecule has 1 aromatic heterocycles. The van der Waals surface area contributed by atoms with Crippen LogP contribution >= 0.6 is 0 Å². The van der Waals surface area contributed by atoms with Crippen molar-refractivity contribution < 1.29 is 14.3 Å². The van der Waals surface area contributed by atoms with E-state index in [2.05, 4.69) is 0 Å². The molecule has 0 aliphatic heterocycles. The summed E-state index contributed by atoms with van der Waals surface area (Å²) in [6.45, 7) is 6.48. The lowest BCUT2D eigenvalue weighted by atomic mass is 10.3. The molecule has 5 heteroatoms. The molecule has 0 bridgehead atoms. The summed E-state index contributed by atoms with van der Waals surface area (Å²) >= 11 is 0. The van der Waals surface area contributed by atoms with Crippen molar-refractivity contribution in [3.05, 3.63) is 23.7 Å². The van der Waals surface area contributed by atoms with Gasteiger partial charge in [0.2, 0.25) is 5.91 Å². The van der Waals surface area contributed by atoms with Crippen LogP contribution in [0.5, 0.6) is 0 Å². The number of aliphatic hydroxyl groups excluding tert-OH is 1. The standard InChI is InChI=1S/C14H24N2O3/c1-4-16(8-5-9-17)11-14(18)15(3)10-13-7-6-12(2)19-13/h6-7,17H,4-5,8-11H2,1-3H3. The van der Waals surface area contributed by atoms with Crippen LogP contribution in [0.2, 0.25) is 0 Å². The van der Waals surface area contributed by atoms with Crippen LogP contribution in [0.3, 0.4) is 0 Å². The van der Waals surface area contributed by atoms with Gasteiger partial charge in [0, 0.05) is 20.2 Å². The maximum Gasteiger partial charge on any atom is 0.236 e. The van der Waals surface area contributed by atoms with Gasteiger partial charge in [-0.25, -0.2) is 0 Å². The van der Waals surface area contributed by atoms with Crippen molar-refractivity contribution in [1.82, 2.24) is 9.80 Å². The molecule has 5 nitrogen and oxygen atoms in total. The molecule has 0 saturated carbocycles. The highest BCUT2D eigenvalue weighted by molar-refractivity contribution is 5.77. The number of carbonyl (C=O) groups excluding carboxylic acids is 1. The van der Waals surface area contributed by atoms with E-state index in [1.807, 2.05) is 30.9 Å². The van der Waals surface area contributed by atoms with Crippen LogP contribution in [0.15, 0.2) is 16.5 Å². The molecular weight excluding hydrogens is 244 g/mol. The Morgan fingerprint density at radius 2 is 2.16 bits per heavy atom. The molecule has 0 aliphatic rings. The first-order valence-electron chi connectivity index (χ1n) is 6.69. The molecule has 0 fully saturated rings. The maximum atomic E-state index is 12.1. The number of amides is 1. The van der Waals surface area contributed by atoms with Gasteiger partial charge in [0.05, 0.1) is 13.1 Å². The highest BCUT2D eigenvalue weighted by atomic mass is 16.3. The summed E-state index contributed by atoms with van der Waals surface area (Å²) in [6.07, 6.45) is 0.697. The minimum Gasteiger partial charge on any atom is -0.464 e. The Hall–Kier alpha value is -1.33.